The molecule has 1 aromatic heterocycles. The van der Waals surface area contributed by atoms with Crippen LogP contribution in [0.2, 0.25) is 0 Å². The molecule has 1 unspecified atom stereocenters. The molecule has 0 saturated carbocycles. The van der Waals surface area contributed by atoms with Gasteiger partial charge in [0.15, 0.2) is 11.5 Å². The van der Waals surface area contributed by atoms with Crippen LogP contribution in [-0.2, 0) is 6.42 Å². The van der Waals surface area contributed by atoms with Crippen LogP contribution in [0.5, 0.6) is 11.5 Å². The molecule has 28 heavy (non-hydrogen) atoms. The summed E-state index contributed by atoms with van der Waals surface area (Å²) in [5, 5.41) is 3.63. The number of methoxy groups -OCH3 is 2. The van der Waals surface area contributed by atoms with E-state index in [1.165, 1.54) is 17.5 Å². The van der Waals surface area contributed by atoms with Crippen molar-refractivity contribution < 1.29 is 9.47 Å². The van der Waals surface area contributed by atoms with Gasteiger partial charge in [0.05, 0.1) is 26.0 Å². The van der Waals surface area contributed by atoms with Crippen molar-refractivity contribution >= 4 is 5.82 Å². The van der Waals surface area contributed by atoms with E-state index in [0.29, 0.717) is 11.5 Å². The predicted octanol–water partition coefficient (Wildman–Crippen LogP) is 4.96. The van der Waals surface area contributed by atoms with Crippen LogP contribution >= 0.6 is 0 Å². The molecule has 0 spiro atoms. The highest BCUT2D eigenvalue weighted by Gasteiger charge is 2.20. The van der Waals surface area contributed by atoms with E-state index in [0.717, 1.165) is 35.7 Å². The minimum absolute atomic E-state index is 0.275. The molecular weight excluding hydrogens is 350 g/mol. The Balaban J connectivity index is 1.65. The molecule has 144 valence electrons. The van der Waals surface area contributed by atoms with Gasteiger partial charge in [-0.25, -0.2) is 9.97 Å². The molecule has 0 saturated heterocycles. The molecule has 0 radical (unpaired) electrons. The highest BCUT2D eigenvalue weighted by atomic mass is 16.5. The Morgan fingerprint density at radius 3 is 2.61 bits per heavy atom. The molecule has 5 heteroatoms. The zero-order chi connectivity index (χ0) is 19.5. The first-order chi connectivity index (χ1) is 13.7. The van der Waals surface area contributed by atoms with E-state index in [4.69, 9.17) is 9.47 Å². The molecule has 0 amide bonds. The maximum atomic E-state index is 5.44. The first-order valence-corrected chi connectivity index (χ1v) is 9.60. The lowest BCUT2D eigenvalue weighted by Gasteiger charge is -2.27. The van der Waals surface area contributed by atoms with Gasteiger partial charge in [-0.15, -0.1) is 0 Å². The van der Waals surface area contributed by atoms with Crippen LogP contribution in [0.25, 0.3) is 11.3 Å². The standard InChI is InChI=1S/C23H25N3O2/c1-15-24-20(17-11-12-21(27-2)22(13-17)28-3)14-23(25-15)26-19-10-6-8-16-7-4-5-9-18(16)19/h4-5,7,9,11-14,19H,6,8,10H2,1-3H3,(H,24,25,26). The van der Waals surface area contributed by atoms with E-state index < -0.39 is 0 Å². The number of hydrogen-bond acceptors (Lipinski definition) is 5. The number of anilines is 1. The van der Waals surface area contributed by atoms with Gasteiger partial charge in [-0.2, -0.15) is 0 Å². The van der Waals surface area contributed by atoms with Crippen LogP contribution in [0.4, 0.5) is 5.82 Å². The fraction of sp³-hybridized carbons (Fsp3) is 0.304. The minimum atomic E-state index is 0.275. The lowest BCUT2D eigenvalue weighted by Crippen LogP contribution is -2.18. The maximum Gasteiger partial charge on any atom is 0.161 e. The van der Waals surface area contributed by atoms with Crippen molar-refractivity contribution in [2.75, 3.05) is 19.5 Å². The first kappa shape index (κ1) is 18.3. The van der Waals surface area contributed by atoms with E-state index in [9.17, 15) is 0 Å². The predicted molar refractivity (Wildman–Crippen MR) is 111 cm³/mol. The largest absolute Gasteiger partial charge is 0.493 e. The maximum absolute atomic E-state index is 5.44. The van der Waals surface area contributed by atoms with E-state index in [1.54, 1.807) is 14.2 Å². The van der Waals surface area contributed by atoms with Crippen LogP contribution in [-0.4, -0.2) is 24.2 Å². The summed E-state index contributed by atoms with van der Waals surface area (Å²) in [6.07, 6.45) is 3.43. The molecule has 1 aliphatic rings. The van der Waals surface area contributed by atoms with Gasteiger partial charge in [-0.05, 0) is 55.5 Å². The Labute approximate surface area is 165 Å². The fourth-order valence-electron chi connectivity index (χ4n) is 3.87. The zero-order valence-electron chi connectivity index (χ0n) is 16.5. The van der Waals surface area contributed by atoms with Gasteiger partial charge in [0.25, 0.3) is 0 Å². The monoisotopic (exact) mass is 375 g/mol. The number of benzene rings is 2. The molecule has 1 atom stereocenters. The van der Waals surface area contributed by atoms with Crippen molar-refractivity contribution in [2.45, 2.75) is 32.2 Å². The molecule has 0 bridgehead atoms. The lowest BCUT2D eigenvalue weighted by molar-refractivity contribution is 0.355. The molecule has 0 fully saturated rings. The molecule has 3 aromatic rings. The second-order valence-corrected chi connectivity index (χ2v) is 7.04. The van der Waals surface area contributed by atoms with E-state index in [-0.39, 0.29) is 6.04 Å². The Kier molecular flexibility index (Phi) is 5.15. The van der Waals surface area contributed by atoms with E-state index in [2.05, 4.69) is 39.6 Å². The molecule has 1 aliphatic carbocycles. The van der Waals surface area contributed by atoms with Crippen molar-refractivity contribution in [1.82, 2.24) is 9.97 Å². The molecule has 5 nitrogen and oxygen atoms in total. The van der Waals surface area contributed by atoms with Crippen LogP contribution in [0, 0.1) is 6.92 Å². The lowest BCUT2D eigenvalue weighted by atomic mass is 9.88. The van der Waals surface area contributed by atoms with Gasteiger partial charge in [0.1, 0.15) is 11.6 Å². The molecular formula is C23H25N3O2. The average Bonchev–Trinajstić information content (AvgIpc) is 2.73. The molecule has 4 rings (SSSR count). The van der Waals surface area contributed by atoms with Gasteiger partial charge in [0.2, 0.25) is 0 Å². The van der Waals surface area contributed by atoms with Crippen molar-refractivity contribution in [1.29, 1.82) is 0 Å². The molecule has 2 aromatic carbocycles. The quantitative estimate of drug-likeness (QED) is 0.683. The third-order valence-corrected chi connectivity index (χ3v) is 5.21. The molecule has 1 heterocycles. The van der Waals surface area contributed by atoms with Gasteiger partial charge in [-0.3, -0.25) is 0 Å². The van der Waals surface area contributed by atoms with E-state index in [1.807, 2.05) is 31.2 Å². The summed E-state index contributed by atoms with van der Waals surface area (Å²) in [6.45, 7) is 1.92. The highest BCUT2D eigenvalue weighted by Crippen LogP contribution is 2.34. The minimum Gasteiger partial charge on any atom is -0.493 e. The van der Waals surface area contributed by atoms with Crippen LogP contribution in [0.1, 0.15) is 35.8 Å². The van der Waals surface area contributed by atoms with Gasteiger partial charge in [-0.1, -0.05) is 24.3 Å². The number of aromatic nitrogens is 2. The van der Waals surface area contributed by atoms with Crippen molar-refractivity contribution in [2.24, 2.45) is 0 Å². The van der Waals surface area contributed by atoms with Crippen LogP contribution in [0.3, 0.4) is 0 Å². The SMILES string of the molecule is COc1ccc(-c2cc(NC3CCCc4ccccc43)nc(C)n2)cc1OC. The first-order valence-electron chi connectivity index (χ1n) is 9.60. The summed E-state index contributed by atoms with van der Waals surface area (Å²) in [6, 6.07) is 16.8. The molecule has 0 aliphatic heterocycles. The van der Waals surface area contributed by atoms with Crippen molar-refractivity contribution in [3.63, 3.8) is 0 Å². The van der Waals surface area contributed by atoms with Crippen molar-refractivity contribution in [3.05, 3.63) is 65.5 Å². The average molecular weight is 375 g/mol. The smallest absolute Gasteiger partial charge is 0.161 e. The Morgan fingerprint density at radius 2 is 1.79 bits per heavy atom. The fourth-order valence-corrected chi connectivity index (χ4v) is 3.87. The second-order valence-electron chi connectivity index (χ2n) is 7.04. The Bertz CT molecular complexity index is 987. The number of hydrogen-bond donors (Lipinski definition) is 1. The van der Waals surface area contributed by atoms with Gasteiger partial charge in [0, 0.05) is 11.6 Å². The normalized spacial score (nSPS) is 15.6. The number of nitrogens with zero attached hydrogens (tertiary/aromatic N) is 2. The summed E-state index contributed by atoms with van der Waals surface area (Å²) in [5.74, 6) is 2.97. The summed E-state index contributed by atoms with van der Waals surface area (Å²) >= 11 is 0. The van der Waals surface area contributed by atoms with Crippen molar-refractivity contribution in [3.8, 4) is 22.8 Å². The third kappa shape index (κ3) is 3.65. The van der Waals surface area contributed by atoms with Crippen LogP contribution in [0.15, 0.2) is 48.5 Å². The van der Waals surface area contributed by atoms with E-state index >= 15 is 0 Å². The van der Waals surface area contributed by atoms with Gasteiger partial charge >= 0.3 is 0 Å². The molecule has 1 N–H and O–H groups in total. The number of aryl methyl sites for hydroxylation is 2. The Hall–Kier alpha value is -3.08. The highest BCUT2D eigenvalue weighted by molar-refractivity contribution is 5.66. The van der Waals surface area contributed by atoms with Gasteiger partial charge < -0.3 is 14.8 Å². The topological polar surface area (TPSA) is 56.3 Å². The summed E-state index contributed by atoms with van der Waals surface area (Å²) in [5.41, 5.74) is 4.63. The number of ether oxygens (including phenoxy) is 2. The summed E-state index contributed by atoms with van der Waals surface area (Å²) in [7, 11) is 3.27. The third-order valence-electron chi connectivity index (χ3n) is 5.21. The second kappa shape index (κ2) is 7.89. The summed E-state index contributed by atoms with van der Waals surface area (Å²) < 4.78 is 10.8. The zero-order valence-corrected chi connectivity index (χ0v) is 16.5. The number of fused-ring (bicyclic) bond motifs is 1. The number of nitrogens with one attached hydrogen (secondary N) is 1. The Morgan fingerprint density at radius 1 is 0.964 bits per heavy atom. The number of rotatable bonds is 5. The van der Waals surface area contributed by atoms with Crippen LogP contribution < -0.4 is 14.8 Å². The summed E-state index contributed by atoms with van der Waals surface area (Å²) in [4.78, 5) is 9.25.